The van der Waals surface area contributed by atoms with E-state index in [1.165, 1.54) is 11.3 Å². The van der Waals surface area contributed by atoms with Gasteiger partial charge in [-0.2, -0.15) is 0 Å². The van der Waals surface area contributed by atoms with Crippen LogP contribution in [-0.4, -0.2) is 25.1 Å². The molecule has 1 aliphatic rings. The second-order valence-corrected chi connectivity index (χ2v) is 6.54. The Morgan fingerprint density at radius 2 is 2.19 bits per heavy atom. The van der Waals surface area contributed by atoms with E-state index >= 15 is 0 Å². The number of rotatable bonds is 5. The molecule has 2 rings (SSSR count). The summed E-state index contributed by atoms with van der Waals surface area (Å²) in [5.74, 6) is 0.0181. The lowest BCUT2D eigenvalue weighted by Gasteiger charge is -2.12. The number of urea groups is 1. The monoisotopic (exact) mass is 311 g/mol. The molecule has 1 aromatic rings. The van der Waals surface area contributed by atoms with Crippen LogP contribution in [0.1, 0.15) is 41.1 Å². The fraction of sp³-hybridized carbons (Fsp3) is 0.571. The van der Waals surface area contributed by atoms with E-state index in [2.05, 4.69) is 24.5 Å². The molecule has 116 valence electrons. The van der Waals surface area contributed by atoms with Gasteiger partial charge in [0.05, 0.1) is 18.8 Å². The number of ether oxygens (including phenoxy) is 1. The van der Waals surface area contributed by atoms with Gasteiger partial charge in [-0.25, -0.2) is 4.79 Å². The van der Waals surface area contributed by atoms with Crippen LogP contribution in [-0.2, 0) is 17.8 Å². The highest BCUT2D eigenvalue weighted by Gasteiger charge is 2.25. The molecule has 0 aliphatic carbocycles. The van der Waals surface area contributed by atoms with Crippen LogP contribution in [0.2, 0.25) is 0 Å². The van der Waals surface area contributed by atoms with E-state index in [0.29, 0.717) is 42.7 Å². The van der Waals surface area contributed by atoms with Gasteiger partial charge in [0.25, 0.3) is 5.91 Å². The van der Waals surface area contributed by atoms with Crippen molar-refractivity contribution in [3.63, 3.8) is 0 Å². The van der Waals surface area contributed by atoms with Crippen molar-refractivity contribution in [1.29, 1.82) is 0 Å². The van der Waals surface area contributed by atoms with Crippen LogP contribution in [0.25, 0.3) is 0 Å². The van der Waals surface area contributed by atoms with Gasteiger partial charge in [-0.05, 0) is 24.3 Å². The first kappa shape index (κ1) is 15.8. The number of hydrogen-bond acceptors (Lipinski definition) is 4. The first-order valence-corrected chi connectivity index (χ1v) is 7.87. The predicted molar refractivity (Wildman–Crippen MR) is 82.7 cm³/mol. The largest absolute Gasteiger partial charge is 0.376 e. The maximum atomic E-state index is 11.9. The van der Waals surface area contributed by atoms with Gasteiger partial charge in [-0.3, -0.25) is 10.1 Å². The zero-order valence-corrected chi connectivity index (χ0v) is 13.1. The van der Waals surface area contributed by atoms with E-state index in [1.807, 2.05) is 0 Å². The number of amides is 3. The number of nitrogens with one attached hydrogen (secondary N) is 2. The lowest BCUT2D eigenvalue weighted by molar-refractivity contribution is 0.0991. The number of nitrogens with two attached hydrogens (primary N) is 1. The van der Waals surface area contributed by atoms with E-state index in [0.717, 1.165) is 16.9 Å². The molecule has 0 radical (unpaired) electrons. The summed E-state index contributed by atoms with van der Waals surface area (Å²) in [5.41, 5.74) is 6.80. The van der Waals surface area contributed by atoms with E-state index < -0.39 is 5.91 Å². The van der Waals surface area contributed by atoms with E-state index in [9.17, 15) is 9.59 Å². The lowest BCUT2D eigenvalue weighted by Crippen LogP contribution is -2.30. The zero-order chi connectivity index (χ0) is 15.4. The Balaban J connectivity index is 2.07. The normalized spacial score (nSPS) is 13.9. The van der Waals surface area contributed by atoms with Crippen LogP contribution in [0.3, 0.4) is 0 Å². The van der Waals surface area contributed by atoms with Crippen LogP contribution in [0.15, 0.2) is 0 Å². The van der Waals surface area contributed by atoms with Gasteiger partial charge in [0.1, 0.15) is 5.00 Å². The van der Waals surface area contributed by atoms with Crippen LogP contribution >= 0.6 is 11.3 Å². The maximum absolute atomic E-state index is 11.9. The topological polar surface area (TPSA) is 93.5 Å². The Labute approximate surface area is 128 Å². The minimum atomic E-state index is -0.508. The predicted octanol–water partition coefficient (Wildman–Crippen LogP) is 2.09. The summed E-state index contributed by atoms with van der Waals surface area (Å²) in [6, 6.07) is -0.308. The highest BCUT2D eigenvalue weighted by molar-refractivity contribution is 7.17. The van der Waals surface area contributed by atoms with Crippen molar-refractivity contribution < 1.29 is 14.3 Å². The molecular formula is C14H21N3O3S. The highest BCUT2D eigenvalue weighted by atomic mass is 32.1. The molecule has 0 saturated heterocycles. The van der Waals surface area contributed by atoms with Crippen molar-refractivity contribution in [3.05, 3.63) is 16.0 Å². The number of fused-ring (bicyclic) bond motifs is 1. The molecule has 4 N–H and O–H groups in total. The fourth-order valence-electron chi connectivity index (χ4n) is 2.20. The van der Waals surface area contributed by atoms with Gasteiger partial charge in [-0.15, -0.1) is 11.3 Å². The Kier molecular flexibility index (Phi) is 5.19. The number of anilines is 1. The van der Waals surface area contributed by atoms with Gasteiger partial charge in [0, 0.05) is 11.4 Å². The van der Waals surface area contributed by atoms with Gasteiger partial charge < -0.3 is 15.8 Å². The molecule has 0 saturated carbocycles. The molecule has 21 heavy (non-hydrogen) atoms. The molecule has 2 heterocycles. The van der Waals surface area contributed by atoms with E-state index in [-0.39, 0.29) is 6.03 Å². The molecule has 1 aliphatic heterocycles. The Bertz CT molecular complexity index is 540. The number of carbonyl (C=O) groups is 2. The van der Waals surface area contributed by atoms with Crippen LogP contribution in [0.4, 0.5) is 9.80 Å². The Morgan fingerprint density at radius 3 is 2.86 bits per heavy atom. The van der Waals surface area contributed by atoms with Gasteiger partial charge in [0.15, 0.2) is 0 Å². The zero-order valence-electron chi connectivity index (χ0n) is 12.3. The molecule has 1 aromatic heterocycles. The quantitative estimate of drug-likeness (QED) is 0.777. The van der Waals surface area contributed by atoms with Gasteiger partial charge >= 0.3 is 6.03 Å². The summed E-state index contributed by atoms with van der Waals surface area (Å²) < 4.78 is 5.37. The number of hydrogen-bond donors (Lipinski definition) is 3. The standard InChI is InChI=1S/C14H21N3O3S/c1-8(2)3-5-16-14(19)17-13-11(12(15)18)9-4-6-20-7-10(9)21-13/h8H,3-7H2,1-2H3,(H2,15,18)(H2,16,17,19). The molecule has 0 spiro atoms. The average Bonchev–Trinajstić information content (AvgIpc) is 2.75. The van der Waals surface area contributed by atoms with Crippen molar-refractivity contribution >= 4 is 28.3 Å². The average molecular weight is 311 g/mol. The van der Waals surface area contributed by atoms with Crippen molar-refractivity contribution in [1.82, 2.24) is 5.32 Å². The first-order chi connectivity index (χ1) is 9.99. The van der Waals surface area contributed by atoms with Crippen molar-refractivity contribution in [2.45, 2.75) is 33.3 Å². The Hall–Kier alpha value is -1.60. The summed E-state index contributed by atoms with van der Waals surface area (Å²) in [6.45, 7) is 5.83. The number of thiophene rings is 1. The summed E-state index contributed by atoms with van der Waals surface area (Å²) in [5, 5.41) is 6.03. The SMILES string of the molecule is CC(C)CCNC(=O)Nc1sc2c(c1C(N)=O)CCOC2. The second kappa shape index (κ2) is 6.91. The highest BCUT2D eigenvalue weighted by Crippen LogP contribution is 2.36. The summed E-state index contributed by atoms with van der Waals surface area (Å²) in [6.07, 6.45) is 1.56. The third kappa shape index (κ3) is 3.95. The van der Waals surface area contributed by atoms with Crippen molar-refractivity contribution in [3.8, 4) is 0 Å². The third-order valence-corrected chi connectivity index (χ3v) is 4.42. The van der Waals surface area contributed by atoms with E-state index in [4.69, 9.17) is 10.5 Å². The fourth-order valence-corrected chi connectivity index (χ4v) is 3.39. The lowest BCUT2D eigenvalue weighted by atomic mass is 10.1. The summed E-state index contributed by atoms with van der Waals surface area (Å²) in [7, 11) is 0. The minimum absolute atomic E-state index is 0.308. The Morgan fingerprint density at radius 1 is 1.43 bits per heavy atom. The van der Waals surface area contributed by atoms with Crippen LogP contribution in [0, 0.1) is 5.92 Å². The maximum Gasteiger partial charge on any atom is 0.319 e. The molecule has 0 atom stereocenters. The molecule has 0 fully saturated rings. The number of primary amides is 1. The molecule has 0 bridgehead atoms. The molecule has 6 nitrogen and oxygen atoms in total. The van der Waals surface area contributed by atoms with Gasteiger partial charge in [-0.1, -0.05) is 13.8 Å². The summed E-state index contributed by atoms with van der Waals surface area (Å²) in [4.78, 5) is 24.5. The first-order valence-electron chi connectivity index (χ1n) is 7.06. The second-order valence-electron chi connectivity index (χ2n) is 5.44. The summed E-state index contributed by atoms with van der Waals surface area (Å²) >= 11 is 1.36. The van der Waals surface area contributed by atoms with Crippen LogP contribution in [0.5, 0.6) is 0 Å². The van der Waals surface area contributed by atoms with Crippen LogP contribution < -0.4 is 16.4 Å². The molecule has 3 amide bonds. The molecule has 7 heteroatoms. The van der Waals surface area contributed by atoms with Crippen molar-refractivity contribution in [2.75, 3.05) is 18.5 Å². The smallest absolute Gasteiger partial charge is 0.319 e. The molecule has 0 unspecified atom stereocenters. The minimum Gasteiger partial charge on any atom is -0.376 e. The molecule has 0 aromatic carbocycles. The third-order valence-electron chi connectivity index (χ3n) is 3.30. The molecular weight excluding hydrogens is 290 g/mol. The van der Waals surface area contributed by atoms with Gasteiger partial charge in [0.2, 0.25) is 0 Å². The van der Waals surface area contributed by atoms with E-state index in [1.54, 1.807) is 0 Å². The van der Waals surface area contributed by atoms with Crippen molar-refractivity contribution in [2.24, 2.45) is 11.7 Å². The number of carbonyl (C=O) groups excluding carboxylic acids is 2.